The zero-order valence-corrected chi connectivity index (χ0v) is 15.2. The fourth-order valence-electron chi connectivity index (χ4n) is 3.37. The van der Waals surface area contributed by atoms with Crippen molar-refractivity contribution in [3.05, 3.63) is 59.8 Å². The first-order chi connectivity index (χ1) is 13.1. The van der Waals surface area contributed by atoms with Gasteiger partial charge in [0.25, 0.3) is 0 Å². The molecule has 1 heterocycles. The number of nitrogens with one attached hydrogen (secondary N) is 1. The lowest BCUT2D eigenvalue weighted by Gasteiger charge is -2.37. The number of nitriles is 1. The highest BCUT2D eigenvalue weighted by Gasteiger charge is 2.29. The fraction of sp³-hybridized carbons (Fsp3) is 0.286. The van der Waals surface area contributed by atoms with Crippen molar-refractivity contribution in [2.75, 3.05) is 5.32 Å². The molecule has 1 N–H and O–H groups in total. The Morgan fingerprint density at radius 1 is 1.30 bits per heavy atom. The number of aryl methyl sites for hydroxylation is 1. The summed E-state index contributed by atoms with van der Waals surface area (Å²) in [5, 5.41) is 17.2. The van der Waals surface area contributed by atoms with Gasteiger partial charge in [-0.2, -0.15) is 10.4 Å². The minimum Gasteiger partial charge on any atom is -0.317 e. The Bertz CT molecular complexity index is 1010. The van der Waals surface area contributed by atoms with Crippen molar-refractivity contribution in [3.63, 3.8) is 0 Å². The van der Waals surface area contributed by atoms with E-state index in [9.17, 15) is 4.79 Å². The summed E-state index contributed by atoms with van der Waals surface area (Å²) in [5.41, 5.74) is 3.43. The van der Waals surface area contributed by atoms with E-state index in [-0.39, 0.29) is 12.1 Å². The van der Waals surface area contributed by atoms with Crippen molar-refractivity contribution in [1.82, 2.24) is 14.7 Å². The number of hydrogen-bond donors (Lipinski definition) is 1. The number of carbonyl (C=O) groups excluding carboxylic acids is 1. The maximum atomic E-state index is 12.9. The monoisotopic (exact) mass is 359 g/mol. The van der Waals surface area contributed by atoms with E-state index in [0.29, 0.717) is 17.8 Å². The average Bonchev–Trinajstić information content (AvgIpc) is 3.01. The molecular formula is C21H21N5O. The van der Waals surface area contributed by atoms with Crippen LogP contribution in [0.15, 0.2) is 48.7 Å². The number of amides is 2. The van der Waals surface area contributed by atoms with Crippen LogP contribution in [-0.4, -0.2) is 26.8 Å². The molecule has 1 fully saturated rings. The van der Waals surface area contributed by atoms with Crippen LogP contribution in [0.25, 0.3) is 10.9 Å². The van der Waals surface area contributed by atoms with Gasteiger partial charge in [0.2, 0.25) is 0 Å². The van der Waals surface area contributed by atoms with Crippen molar-refractivity contribution >= 4 is 22.6 Å². The van der Waals surface area contributed by atoms with E-state index in [1.807, 2.05) is 22.8 Å². The average molecular weight is 359 g/mol. The van der Waals surface area contributed by atoms with Gasteiger partial charge < -0.3 is 10.2 Å². The molecule has 1 aliphatic carbocycles. The topological polar surface area (TPSA) is 74.0 Å². The maximum Gasteiger partial charge on any atom is 0.322 e. The lowest BCUT2D eigenvalue weighted by Crippen LogP contribution is -2.45. The number of carbonyl (C=O) groups is 1. The zero-order valence-electron chi connectivity index (χ0n) is 15.2. The number of aromatic nitrogens is 2. The Morgan fingerprint density at radius 2 is 2.07 bits per heavy atom. The van der Waals surface area contributed by atoms with Crippen LogP contribution in [0.5, 0.6) is 0 Å². The summed E-state index contributed by atoms with van der Waals surface area (Å²) in [4.78, 5) is 14.8. The number of anilines is 1. The Hall–Kier alpha value is -3.33. The van der Waals surface area contributed by atoms with Crippen LogP contribution >= 0.6 is 0 Å². The van der Waals surface area contributed by atoms with E-state index in [1.165, 1.54) is 0 Å². The van der Waals surface area contributed by atoms with E-state index in [4.69, 9.17) is 5.26 Å². The molecule has 1 aliphatic rings. The van der Waals surface area contributed by atoms with Crippen LogP contribution in [0, 0.1) is 11.3 Å². The van der Waals surface area contributed by atoms with Gasteiger partial charge in [0.05, 0.1) is 23.3 Å². The second-order valence-corrected chi connectivity index (χ2v) is 6.99. The van der Waals surface area contributed by atoms with Crippen molar-refractivity contribution in [2.45, 2.75) is 31.8 Å². The van der Waals surface area contributed by atoms with Crippen LogP contribution in [0.2, 0.25) is 0 Å². The molecule has 0 spiro atoms. The van der Waals surface area contributed by atoms with Crippen LogP contribution in [0.3, 0.4) is 0 Å². The Morgan fingerprint density at radius 3 is 2.74 bits per heavy atom. The molecule has 1 saturated carbocycles. The molecule has 2 aromatic carbocycles. The number of fused-ring (bicyclic) bond motifs is 1. The Kier molecular flexibility index (Phi) is 4.51. The Balaban J connectivity index is 1.53. The SMILES string of the molecule is Cn1ncc2ccc(CN(C(=O)Nc3ccc(C#N)cc3)C3CCC3)cc21. The molecule has 3 aromatic rings. The standard InChI is InChI=1S/C21H21N5O/c1-25-20-11-16(5-8-17(20)13-23-25)14-26(19-3-2-4-19)21(27)24-18-9-6-15(12-22)7-10-18/h5-11,13,19H,2-4,14H2,1H3,(H,24,27). The second-order valence-electron chi connectivity index (χ2n) is 6.99. The molecule has 4 rings (SSSR count). The van der Waals surface area contributed by atoms with E-state index in [1.54, 1.807) is 24.3 Å². The van der Waals surface area contributed by atoms with Crippen molar-refractivity contribution < 1.29 is 4.79 Å². The van der Waals surface area contributed by atoms with Gasteiger partial charge in [-0.25, -0.2) is 4.79 Å². The first-order valence-electron chi connectivity index (χ1n) is 9.12. The van der Waals surface area contributed by atoms with Crippen molar-refractivity contribution in [1.29, 1.82) is 5.26 Å². The lowest BCUT2D eigenvalue weighted by molar-refractivity contribution is 0.143. The van der Waals surface area contributed by atoms with Gasteiger partial charge >= 0.3 is 6.03 Å². The molecule has 0 radical (unpaired) electrons. The van der Waals surface area contributed by atoms with E-state index in [0.717, 1.165) is 35.7 Å². The van der Waals surface area contributed by atoms with Gasteiger partial charge in [0, 0.05) is 30.7 Å². The molecule has 136 valence electrons. The van der Waals surface area contributed by atoms with Crippen LogP contribution in [0.4, 0.5) is 10.5 Å². The number of rotatable bonds is 4. The molecular weight excluding hydrogens is 338 g/mol. The predicted molar refractivity (Wildman–Crippen MR) is 104 cm³/mol. The smallest absolute Gasteiger partial charge is 0.317 e. The summed E-state index contributed by atoms with van der Waals surface area (Å²) in [6.07, 6.45) is 5.08. The van der Waals surface area contributed by atoms with Gasteiger partial charge in [0.1, 0.15) is 0 Å². The lowest BCUT2D eigenvalue weighted by atomic mass is 9.91. The first-order valence-corrected chi connectivity index (χ1v) is 9.12. The highest BCUT2D eigenvalue weighted by atomic mass is 16.2. The molecule has 0 aliphatic heterocycles. The minimum absolute atomic E-state index is 0.102. The molecule has 1 aromatic heterocycles. The molecule has 2 amide bonds. The first kappa shape index (κ1) is 17.1. The highest BCUT2D eigenvalue weighted by Crippen LogP contribution is 2.28. The molecule has 0 unspecified atom stereocenters. The number of benzene rings is 2. The Labute approximate surface area is 158 Å². The zero-order chi connectivity index (χ0) is 18.8. The van der Waals surface area contributed by atoms with E-state index in [2.05, 4.69) is 34.7 Å². The quantitative estimate of drug-likeness (QED) is 0.764. The van der Waals surface area contributed by atoms with Crippen LogP contribution in [0.1, 0.15) is 30.4 Å². The van der Waals surface area contributed by atoms with Gasteiger partial charge in [-0.3, -0.25) is 4.68 Å². The summed E-state index contributed by atoms with van der Waals surface area (Å²) < 4.78 is 1.85. The van der Waals surface area contributed by atoms with Gasteiger partial charge in [-0.05, 0) is 55.2 Å². The molecule has 0 bridgehead atoms. The van der Waals surface area contributed by atoms with Gasteiger partial charge in [-0.15, -0.1) is 0 Å². The largest absolute Gasteiger partial charge is 0.322 e. The predicted octanol–water partition coefficient (Wildman–Crippen LogP) is 4.03. The number of urea groups is 1. The summed E-state index contributed by atoms with van der Waals surface area (Å²) in [6, 6.07) is 15.4. The third-order valence-corrected chi connectivity index (χ3v) is 5.21. The third kappa shape index (κ3) is 3.49. The fourth-order valence-corrected chi connectivity index (χ4v) is 3.37. The molecule has 27 heavy (non-hydrogen) atoms. The third-order valence-electron chi connectivity index (χ3n) is 5.21. The summed E-state index contributed by atoms with van der Waals surface area (Å²) >= 11 is 0. The summed E-state index contributed by atoms with van der Waals surface area (Å²) in [5.74, 6) is 0. The van der Waals surface area contributed by atoms with Gasteiger partial charge in [0.15, 0.2) is 0 Å². The number of hydrogen-bond acceptors (Lipinski definition) is 3. The summed E-state index contributed by atoms with van der Waals surface area (Å²) in [7, 11) is 1.92. The van der Waals surface area contributed by atoms with Crippen LogP contribution < -0.4 is 5.32 Å². The second kappa shape index (κ2) is 7.12. The van der Waals surface area contributed by atoms with Crippen molar-refractivity contribution in [3.8, 4) is 6.07 Å². The molecule has 6 nitrogen and oxygen atoms in total. The molecule has 0 saturated heterocycles. The van der Waals surface area contributed by atoms with E-state index < -0.39 is 0 Å². The molecule has 6 heteroatoms. The number of nitrogens with zero attached hydrogens (tertiary/aromatic N) is 4. The maximum absolute atomic E-state index is 12.9. The normalized spacial score (nSPS) is 13.8. The van der Waals surface area contributed by atoms with Crippen molar-refractivity contribution in [2.24, 2.45) is 7.05 Å². The van der Waals surface area contributed by atoms with Gasteiger partial charge in [-0.1, -0.05) is 12.1 Å². The van der Waals surface area contributed by atoms with E-state index >= 15 is 0 Å². The highest BCUT2D eigenvalue weighted by molar-refractivity contribution is 5.89. The van der Waals surface area contributed by atoms with Crippen LogP contribution in [-0.2, 0) is 13.6 Å². The summed E-state index contributed by atoms with van der Waals surface area (Å²) in [6.45, 7) is 0.563. The minimum atomic E-state index is -0.102. The molecule has 0 atom stereocenters.